The van der Waals surface area contributed by atoms with Crippen LogP contribution >= 0.6 is 0 Å². The smallest absolute Gasteiger partial charge is 0.248 e. The van der Waals surface area contributed by atoms with Gasteiger partial charge in [-0.05, 0) is 46.9 Å². The molecule has 0 fully saturated rings. The van der Waals surface area contributed by atoms with Gasteiger partial charge < -0.3 is 10.5 Å². The number of fused-ring (bicyclic) bond motifs is 8. The molecule has 0 radical (unpaired) electrons. The van der Waals surface area contributed by atoms with E-state index in [9.17, 15) is 4.79 Å². The van der Waals surface area contributed by atoms with Gasteiger partial charge in [-0.1, -0.05) is 24.3 Å². The van der Waals surface area contributed by atoms with Gasteiger partial charge in [-0.15, -0.1) is 0 Å². The van der Waals surface area contributed by atoms with Crippen molar-refractivity contribution in [3.05, 3.63) is 69.8 Å². The van der Waals surface area contributed by atoms with Crippen LogP contribution in [0.2, 0.25) is 0 Å². The lowest BCUT2D eigenvalue weighted by atomic mass is 9.83. The van der Waals surface area contributed by atoms with Gasteiger partial charge in [-0.2, -0.15) is 0 Å². The number of aryl methyl sites for hydroxylation is 1. The summed E-state index contributed by atoms with van der Waals surface area (Å²) >= 11 is 0. The maximum Gasteiger partial charge on any atom is 0.248 e. The molecule has 2 unspecified atom stereocenters. The summed E-state index contributed by atoms with van der Waals surface area (Å²) < 4.78 is 6.08. The van der Waals surface area contributed by atoms with E-state index in [0.29, 0.717) is 5.56 Å². The van der Waals surface area contributed by atoms with Crippen LogP contribution in [0, 0.1) is 6.92 Å². The average Bonchev–Trinajstić information content (AvgIpc) is 2.95. The summed E-state index contributed by atoms with van der Waals surface area (Å²) in [7, 11) is 0. The highest BCUT2D eigenvalue weighted by Gasteiger charge is 2.43. The molecule has 2 aliphatic rings. The normalized spacial score (nSPS) is 22.2. The predicted molar refractivity (Wildman–Crippen MR) is 70.9 cm³/mol. The molecule has 0 saturated heterocycles. The summed E-state index contributed by atoms with van der Waals surface area (Å²) in [5, 5.41) is 0. The molecule has 2 N–H and O–H groups in total. The largest absolute Gasteiger partial charge is 0.366 e. The Kier molecular flexibility index (Phi) is 1.96. The van der Waals surface area contributed by atoms with Crippen molar-refractivity contribution >= 4 is 5.91 Å². The minimum absolute atomic E-state index is 0.0110. The number of nitrogens with two attached hydrogens (primary N) is 1. The van der Waals surface area contributed by atoms with Gasteiger partial charge >= 0.3 is 0 Å². The quantitative estimate of drug-likeness (QED) is 0.847. The highest BCUT2D eigenvalue weighted by molar-refractivity contribution is 5.93. The van der Waals surface area contributed by atoms with Crippen LogP contribution in [-0.2, 0) is 4.74 Å². The van der Waals surface area contributed by atoms with E-state index in [1.54, 1.807) is 6.07 Å². The third-order valence-corrected chi connectivity index (χ3v) is 4.11. The summed E-state index contributed by atoms with van der Waals surface area (Å²) in [5.41, 5.74) is 11.9. The number of hydrogen-bond donors (Lipinski definition) is 1. The Bertz CT molecular complexity index is 721. The lowest BCUT2D eigenvalue weighted by Crippen LogP contribution is -2.13. The highest BCUT2D eigenvalue weighted by atomic mass is 16.5. The summed E-state index contributed by atoms with van der Waals surface area (Å²) in [5.74, 6) is -0.393. The van der Waals surface area contributed by atoms with Crippen molar-refractivity contribution in [3.63, 3.8) is 0 Å². The summed E-state index contributed by atoms with van der Waals surface area (Å²) in [6.07, 6.45) is -0.0349. The molecule has 0 aromatic heterocycles. The lowest BCUT2D eigenvalue weighted by molar-refractivity contribution is 0.0855. The Hall–Kier alpha value is -2.13. The minimum Gasteiger partial charge on any atom is -0.366 e. The lowest BCUT2D eigenvalue weighted by Gasteiger charge is -2.17. The van der Waals surface area contributed by atoms with Gasteiger partial charge in [0.2, 0.25) is 5.91 Å². The van der Waals surface area contributed by atoms with E-state index in [-0.39, 0.29) is 12.2 Å². The first-order valence-corrected chi connectivity index (χ1v) is 6.35. The third-order valence-electron chi connectivity index (χ3n) is 4.11. The van der Waals surface area contributed by atoms with Gasteiger partial charge in [0.1, 0.15) is 12.2 Å². The summed E-state index contributed by atoms with van der Waals surface area (Å²) in [6.45, 7) is 2.10. The van der Waals surface area contributed by atoms with Crippen molar-refractivity contribution in [1.29, 1.82) is 0 Å². The van der Waals surface area contributed by atoms with Crippen molar-refractivity contribution in [1.82, 2.24) is 0 Å². The van der Waals surface area contributed by atoms with Crippen molar-refractivity contribution in [2.45, 2.75) is 19.1 Å². The number of hydrogen-bond acceptors (Lipinski definition) is 2. The molecule has 3 heteroatoms. The molecule has 0 aliphatic carbocycles. The molecule has 19 heavy (non-hydrogen) atoms. The van der Waals surface area contributed by atoms with Gasteiger partial charge in [0.25, 0.3) is 0 Å². The molecule has 0 saturated carbocycles. The monoisotopic (exact) mass is 251 g/mol. The number of primary amides is 1. The molecule has 2 bridgehead atoms. The molecule has 2 aliphatic heterocycles. The van der Waals surface area contributed by atoms with Crippen LogP contribution in [0.15, 0.2) is 36.4 Å². The first-order chi connectivity index (χ1) is 9.16. The number of carbonyl (C=O) groups excluding carboxylic acids is 1. The molecule has 0 spiro atoms. The minimum atomic E-state index is -0.393. The molecular formula is C16H13NO2. The Labute approximate surface area is 111 Å². The van der Waals surface area contributed by atoms with Crippen molar-refractivity contribution in [2.75, 3.05) is 0 Å². The third kappa shape index (κ3) is 1.28. The SMILES string of the molecule is Cc1cccc2c1C1OC2c2ccc(C(N)=O)cc21. The Morgan fingerprint density at radius 2 is 1.95 bits per heavy atom. The average molecular weight is 251 g/mol. The van der Waals surface area contributed by atoms with E-state index >= 15 is 0 Å². The van der Waals surface area contributed by atoms with Crippen molar-refractivity contribution in [3.8, 4) is 0 Å². The topological polar surface area (TPSA) is 52.3 Å². The molecule has 2 aromatic rings. The Morgan fingerprint density at radius 3 is 2.74 bits per heavy atom. The van der Waals surface area contributed by atoms with Crippen molar-refractivity contribution < 1.29 is 9.53 Å². The van der Waals surface area contributed by atoms with Crippen LogP contribution < -0.4 is 5.73 Å². The van der Waals surface area contributed by atoms with Crippen LogP contribution in [-0.4, -0.2) is 5.91 Å². The van der Waals surface area contributed by atoms with Gasteiger partial charge in [0.15, 0.2) is 0 Å². The fraction of sp³-hybridized carbons (Fsp3) is 0.188. The van der Waals surface area contributed by atoms with E-state index in [0.717, 1.165) is 11.1 Å². The molecule has 1 amide bonds. The summed E-state index contributed by atoms with van der Waals surface area (Å²) in [6, 6.07) is 11.9. The Morgan fingerprint density at radius 1 is 1.11 bits per heavy atom. The number of rotatable bonds is 1. The van der Waals surface area contributed by atoms with Crippen LogP contribution in [0.1, 0.15) is 50.4 Å². The number of ether oxygens (including phenoxy) is 1. The zero-order valence-corrected chi connectivity index (χ0v) is 10.5. The molecule has 2 atom stereocenters. The van der Waals surface area contributed by atoms with E-state index in [2.05, 4.69) is 25.1 Å². The fourth-order valence-corrected chi connectivity index (χ4v) is 3.23. The van der Waals surface area contributed by atoms with Gasteiger partial charge in [-0.3, -0.25) is 4.79 Å². The first kappa shape index (κ1) is 10.8. The second-order valence-electron chi connectivity index (χ2n) is 5.18. The maximum atomic E-state index is 11.3. The summed E-state index contributed by atoms with van der Waals surface area (Å²) in [4.78, 5) is 11.3. The molecule has 2 aromatic carbocycles. The second-order valence-corrected chi connectivity index (χ2v) is 5.18. The van der Waals surface area contributed by atoms with Crippen LogP contribution in [0.5, 0.6) is 0 Å². The van der Waals surface area contributed by atoms with Gasteiger partial charge in [0, 0.05) is 5.56 Å². The van der Waals surface area contributed by atoms with E-state index < -0.39 is 5.91 Å². The van der Waals surface area contributed by atoms with Crippen molar-refractivity contribution in [2.24, 2.45) is 5.73 Å². The van der Waals surface area contributed by atoms with Crippen LogP contribution in [0.4, 0.5) is 0 Å². The Balaban J connectivity index is 1.93. The van der Waals surface area contributed by atoms with Crippen LogP contribution in [0.25, 0.3) is 0 Å². The molecular weight excluding hydrogens is 238 g/mol. The van der Waals surface area contributed by atoms with E-state index in [1.165, 1.54) is 16.7 Å². The van der Waals surface area contributed by atoms with E-state index in [1.807, 2.05) is 12.1 Å². The fourth-order valence-electron chi connectivity index (χ4n) is 3.23. The zero-order chi connectivity index (χ0) is 13.1. The van der Waals surface area contributed by atoms with Gasteiger partial charge in [0.05, 0.1) is 0 Å². The standard InChI is InChI=1S/C16H13NO2/c1-8-3-2-4-11-13(8)15-12-7-9(16(17)18)5-6-10(12)14(11)19-15/h2-7,14-15H,1H3,(H2,17,18). The molecule has 4 rings (SSSR count). The zero-order valence-electron chi connectivity index (χ0n) is 10.5. The highest BCUT2D eigenvalue weighted by Crippen LogP contribution is 2.54. The number of benzene rings is 2. The molecule has 94 valence electrons. The van der Waals surface area contributed by atoms with E-state index in [4.69, 9.17) is 10.5 Å². The van der Waals surface area contributed by atoms with Crippen LogP contribution in [0.3, 0.4) is 0 Å². The number of carbonyl (C=O) groups is 1. The maximum absolute atomic E-state index is 11.3. The number of amides is 1. The van der Waals surface area contributed by atoms with Gasteiger partial charge in [-0.25, -0.2) is 0 Å². The molecule has 3 nitrogen and oxygen atoms in total. The first-order valence-electron chi connectivity index (χ1n) is 6.35. The second kappa shape index (κ2) is 3.45. The predicted octanol–water partition coefficient (Wildman–Crippen LogP) is 2.62. The molecule has 2 heterocycles.